The van der Waals surface area contributed by atoms with Crippen LogP contribution < -0.4 is 5.32 Å². The Labute approximate surface area is 102 Å². The third-order valence-corrected chi connectivity index (χ3v) is 3.12. The van der Waals surface area contributed by atoms with Crippen LogP contribution in [0.15, 0.2) is 0 Å². The van der Waals surface area contributed by atoms with E-state index in [2.05, 4.69) is 5.32 Å². The highest BCUT2D eigenvalue weighted by molar-refractivity contribution is 6.16. The molecule has 1 fully saturated rings. The van der Waals surface area contributed by atoms with Gasteiger partial charge < -0.3 is 0 Å². The van der Waals surface area contributed by atoms with Gasteiger partial charge in [0, 0.05) is 6.54 Å². The second-order valence-corrected chi connectivity index (χ2v) is 4.60. The molecule has 0 radical (unpaired) electrons. The predicted octanol–water partition coefficient (Wildman–Crippen LogP) is 1.53. The van der Waals surface area contributed by atoms with Gasteiger partial charge in [-0.2, -0.15) is 0 Å². The average molecular weight is 240 g/mol. The molecule has 5 heteroatoms. The molecule has 1 heterocycles. The molecule has 1 aliphatic rings. The summed E-state index contributed by atoms with van der Waals surface area (Å²) in [6, 6.07) is -0.576. The van der Waals surface area contributed by atoms with Gasteiger partial charge in [-0.25, -0.2) is 4.79 Å². The predicted molar refractivity (Wildman–Crippen MR) is 63.1 cm³/mol. The largest absolute Gasteiger partial charge is 0.330 e. The highest BCUT2D eigenvalue weighted by atomic mass is 16.2. The first-order valence-corrected chi connectivity index (χ1v) is 6.17. The maximum absolute atomic E-state index is 12.0. The van der Waals surface area contributed by atoms with E-state index in [9.17, 15) is 14.4 Å². The summed E-state index contributed by atoms with van der Waals surface area (Å²) >= 11 is 0. The van der Waals surface area contributed by atoms with Gasteiger partial charge in [0.1, 0.15) is 5.92 Å². The number of hydrogen-bond donors (Lipinski definition) is 1. The summed E-state index contributed by atoms with van der Waals surface area (Å²) in [5.41, 5.74) is 0. The lowest BCUT2D eigenvalue weighted by Gasteiger charge is -2.31. The molecule has 0 bridgehead atoms. The molecule has 4 amide bonds. The number of carbonyl (C=O) groups excluding carboxylic acids is 3. The molecular formula is C12H20N2O3. The van der Waals surface area contributed by atoms with Crippen molar-refractivity contribution in [2.24, 2.45) is 11.8 Å². The van der Waals surface area contributed by atoms with E-state index in [1.165, 1.54) is 4.90 Å². The summed E-state index contributed by atoms with van der Waals surface area (Å²) in [5.74, 6) is -1.25. The summed E-state index contributed by atoms with van der Waals surface area (Å²) in [6.07, 6.45) is 2.13. The second-order valence-electron chi connectivity index (χ2n) is 4.60. The topological polar surface area (TPSA) is 66.5 Å². The fourth-order valence-corrected chi connectivity index (χ4v) is 1.82. The van der Waals surface area contributed by atoms with Gasteiger partial charge in [0.15, 0.2) is 0 Å². The molecule has 0 aliphatic carbocycles. The Bertz CT molecular complexity index is 328. The number of nitrogens with zero attached hydrogens (tertiary/aromatic N) is 1. The first-order chi connectivity index (χ1) is 8.01. The molecule has 1 rings (SSSR count). The monoisotopic (exact) mass is 240 g/mol. The van der Waals surface area contributed by atoms with Crippen molar-refractivity contribution in [3.05, 3.63) is 0 Å². The van der Waals surface area contributed by atoms with Crippen molar-refractivity contribution in [3.63, 3.8) is 0 Å². The Morgan fingerprint density at radius 3 is 2.47 bits per heavy atom. The Balaban J connectivity index is 2.79. The highest BCUT2D eigenvalue weighted by Gasteiger charge is 2.39. The molecule has 0 aromatic heterocycles. The molecule has 0 aromatic carbocycles. The van der Waals surface area contributed by atoms with E-state index in [4.69, 9.17) is 0 Å². The Hall–Kier alpha value is -1.39. The number of urea groups is 1. The minimum atomic E-state index is -0.693. The minimum absolute atomic E-state index is 0.250. The number of carbonyl (C=O) groups is 3. The molecule has 0 saturated carbocycles. The van der Waals surface area contributed by atoms with E-state index in [1.807, 2.05) is 20.8 Å². The van der Waals surface area contributed by atoms with E-state index in [0.29, 0.717) is 13.0 Å². The molecular weight excluding hydrogens is 220 g/mol. The van der Waals surface area contributed by atoms with Gasteiger partial charge in [-0.05, 0) is 12.3 Å². The maximum atomic E-state index is 12.0. The molecule has 2 atom stereocenters. The van der Waals surface area contributed by atoms with Gasteiger partial charge in [-0.3, -0.25) is 19.8 Å². The fourth-order valence-electron chi connectivity index (χ4n) is 1.82. The van der Waals surface area contributed by atoms with Gasteiger partial charge >= 0.3 is 6.03 Å². The zero-order valence-corrected chi connectivity index (χ0v) is 10.7. The van der Waals surface area contributed by atoms with E-state index >= 15 is 0 Å². The van der Waals surface area contributed by atoms with Crippen LogP contribution in [0.2, 0.25) is 0 Å². The summed E-state index contributed by atoms with van der Waals surface area (Å²) < 4.78 is 0. The molecule has 0 spiro atoms. The zero-order valence-electron chi connectivity index (χ0n) is 10.7. The summed E-state index contributed by atoms with van der Waals surface area (Å²) in [6.45, 7) is 6.28. The first kappa shape index (κ1) is 13.7. The molecule has 1 saturated heterocycles. The molecule has 0 aromatic rings. The van der Waals surface area contributed by atoms with Crippen LogP contribution in [0.1, 0.15) is 40.0 Å². The normalized spacial score (nSPS) is 22.6. The minimum Gasteiger partial charge on any atom is -0.277 e. The smallest absolute Gasteiger partial charge is 0.277 e. The lowest BCUT2D eigenvalue weighted by Crippen LogP contribution is -2.58. The summed E-state index contributed by atoms with van der Waals surface area (Å²) in [7, 11) is 0. The molecule has 1 aliphatic heterocycles. The summed E-state index contributed by atoms with van der Waals surface area (Å²) in [5, 5.41) is 2.25. The fraction of sp³-hybridized carbons (Fsp3) is 0.750. The molecule has 96 valence electrons. The quantitative estimate of drug-likeness (QED) is 0.741. The number of nitrogens with one attached hydrogen (secondary N) is 1. The highest BCUT2D eigenvalue weighted by Crippen LogP contribution is 2.17. The van der Waals surface area contributed by atoms with Crippen LogP contribution >= 0.6 is 0 Å². The maximum Gasteiger partial charge on any atom is 0.330 e. The van der Waals surface area contributed by atoms with Crippen molar-refractivity contribution in [2.75, 3.05) is 6.54 Å². The van der Waals surface area contributed by atoms with Crippen LogP contribution in [0.5, 0.6) is 0 Å². The number of rotatable bonds is 5. The van der Waals surface area contributed by atoms with Crippen LogP contribution in [0.25, 0.3) is 0 Å². The van der Waals surface area contributed by atoms with Crippen LogP contribution in [0.3, 0.4) is 0 Å². The van der Waals surface area contributed by atoms with E-state index in [-0.39, 0.29) is 11.8 Å². The number of barbiturate groups is 1. The van der Waals surface area contributed by atoms with Crippen molar-refractivity contribution in [2.45, 2.75) is 40.0 Å². The number of imide groups is 2. The van der Waals surface area contributed by atoms with Crippen molar-refractivity contribution in [1.82, 2.24) is 10.2 Å². The van der Waals surface area contributed by atoms with Crippen LogP contribution in [-0.2, 0) is 9.59 Å². The van der Waals surface area contributed by atoms with E-state index in [1.54, 1.807) is 0 Å². The Morgan fingerprint density at radius 1 is 1.29 bits per heavy atom. The average Bonchev–Trinajstić information content (AvgIpc) is 2.29. The lowest BCUT2D eigenvalue weighted by atomic mass is 9.98. The molecule has 5 nitrogen and oxygen atoms in total. The van der Waals surface area contributed by atoms with Gasteiger partial charge in [0.2, 0.25) is 11.8 Å². The zero-order chi connectivity index (χ0) is 13.0. The van der Waals surface area contributed by atoms with E-state index in [0.717, 1.165) is 12.8 Å². The van der Waals surface area contributed by atoms with Gasteiger partial charge in [0.25, 0.3) is 0 Å². The number of amides is 4. The molecule has 1 N–H and O–H groups in total. The van der Waals surface area contributed by atoms with Crippen molar-refractivity contribution in [3.8, 4) is 0 Å². The Kier molecular flexibility index (Phi) is 4.66. The third kappa shape index (κ3) is 3.05. The Morgan fingerprint density at radius 2 is 1.94 bits per heavy atom. The van der Waals surface area contributed by atoms with Gasteiger partial charge in [-0.1, -0.05) is 33.6 Å². The molecule has 2 unspecified atom stereocenters. The SMILES string of the molecule is CCCC1C(=O)NC(=O)N(CC(C)CC)C1=O. The van der Waals surface area contributed by atoms with Crippen molar-refractivity contribution in [1.29, 1.82) is 0 Å². The van der Waals surface area contributed by atoms with Crippen LogP contribution in [0.4, 0.5) is 4.79 Å². The van der Waals surface area contributed by atoms with Crippen molar-refractivity contribution < 1.29 is 14.4 Å². The molecule has 17 heavy (non-hydrogen) atoms. The lowest BCUT2D eigenvalue weighted by molar-refractivity contribution is -0.143. The van der Waals surface area contributed by atoms with Crippen molar-refractivity contribution >= 4 is 17.8 Å². The van der Waals surface area contributed by atoms with Crippen LogP contribution in [0, 0.1) is 11.8 Å². The third-order valence-electron chi connectivity index (χ3n) is 3.12. The standard InChI is InChI=1S/C12H20N2O3/c1-4-6-9-10(15)13-12(17)14(11(9)16)7-8(3)5-2/h8-9H,4-7H2,1-3H3,(H,13,15,17). The van der Waals surface area contributed by atoms with Gasteiger partial charge in [0.05, 0.1) is 0 Å². The summed E-state index contributed by atoms with van der Waals surface area (Å²) in [4.78, 5) is 36.3. The number of hydrogen-bond acceptors (Lipinski definition) is 3. The first-order valence-electron chi connectivity index (χ1n) is 6.17. The second kappa shape index (κ2) is 5.80. The van der Waals surface area contributed by atoms with Gasteiger partial charge in [-0.15, -0.1) is 0 Å². The van der Waals surface area contributed by atoms with Crippen LogP contribution in [-0.4, -0.2) is 29.3 Å². The van der Waals surface area contributed by atoms with E-state index < -0.39 is 17.9 Å².